The summed E-state index contributed by atoms with van der Waals surface area (Å²) in [6.45, 7) is 1.94. The minimum Gasteiger partial charge on any atom is -0.484 e. The number of ether oxygens (including phenoxy) is 1. The predicted molar refractivity (Wildman–Crippen MR) is 95.2 cm³/mol. The van der Waals surface area contributed by atoms with Gasteiger partial charge in [0.1, 0.15) is 5.75 Å². The zero-order valence-electron chi connectivity index (χ0n) is 14.2. The number of benzene rings is 2. The van der Waals surface area contributed by atoms with Gasteiger partial charge in [-0.3, -0.25) is 9.59 Å². The lowest BCUT2D eigenvalue weighted by molar-refractivity contribution is -0.124. The fraction of sp³-hybridized carbons (Fsp3) is 0.300. The SMILES string of the molecule is Cc1ccc(C(NC(=O)COc2cccc(C(N)=O)c2)C2CC2)cc1. The molecule has 1 fully saturated rings. The van der Waals surface area contributed by atoms with Crippen LogP contribution in [0.15, 0.2) is 48.5 Å². The molecular weight excluding hydrogens is 316 g/mol. The highest BCUT2D eigenvalue weighted by atomic mass is 16.5. The topological polar surface area (TPSA) is 81.4 Å². The van der Waals surface area contributed by atoms with Crippen LogP contribution in [-0.4, -0.2) is 18.4 Å². The Kier molecular flexibility index (Phi) is 5.03. The molecular formula is C20H22N2O3. The Labute approximate surface area is 147 Å². The molecule has 2 amide bonds. The number of rotatable bonds is 7. The third-order valence-electron chi connectivity index (χ3n) is 4.33. The first-order valence-corrected chi connectivity index (χ1v) is 8.41. The van der Waals surface area contributed by atoms with Gasteiger partial charge in [0.2, 0.25) is 5.91 Å². The monoisotopic (exact) mass is 338 g/mol. The lowest BCUT2D eigenvalue weighted by atomic mass is 10.0. The van der Waals surface area contributed by atoms with Crippen molar-refractivity contribution >= 4 is 11.8 Å². The van der Waals surface area contributed by atoms with Crippen molar-refractivity contribution in [3.8, 4) is 5.75 Å². The average Bonchev–Trinajstić information content (AvgIpc) is 3.44. The molecule has 3 rings (SSSR count). The van der Waals surface area contributed by atoms with Crippen LogP contribution >= 0.6 is 0 Å². The Balaban J connectivity index is 1.60. The van der Waals surface area contributed by atoms with Gasteiger partial charge in [0.15, 0.2) is 6.61 Å². The molecule has 0 spiro atoms. The molecule has 0 aliphatic heterocycles. The fourth-order valence-electron chi connectivity index (χ4n) is 2.78. The molecule has 0 radical (unpaired) electrons. The standard InChI is InChI=1S/C20H22N2O3/c1-13-5-7-14(8-6-13)19(15-9-10-15)22-18(23)12-25-17-4-2-3-16(11-17)20(21)24/h2-8,11,15,19H,9-10,12H2,1H3,(H2,21,24)(H,22,23). The van der Waals surface area contributed by atoms with Crippen LogP contribution < -0.4 is 15.8 Å². The van der Waals surface area contributed by atoms with Crippen LogP contribution in [0.3, 0.4) is 0 Å². The Morgan fingerprint density at radius 3 is 2.56 bits per heavy atom. The second kappa shape index (κ2) is 7.38. The molecule has 2 aromatic carbocycles. The van der Waals surface area contributed by atoms with Crippen LogP contribution in [0, 0.1) is 12.8 Å². The number of hydrogen-bond acceptors (Lipinski definition) is 3. The minimum atomic E-state index is -0.525. The maximum absolute atomic E-state index is 12.3. The first-order chi connectivity index (χ1) is 12.0. The van der Waals surface area contributed by atoms with Gasteiger partial charge in [-0.15, -0.1) is 0 Å². The fourth-order valence-corrected chi connectivity index (χ4v) is 2.78. The molecule has 1 aliphatic rings. The van der Waals surface area contributed by atoms with Crippen LogP contribution in [0.1, 0.15) is 40.4 Å². The van der Waals surface area contributed by atoms with E-state index in [4.69, 9.17) is 10.5 Å². The third-order valence-corrected chi connectivity index (χ3v) is 4.33. The summed E-state index contributed by atoms with van der Waals surface area (Å²) in [6.07, 6.45) is 2.25. The number of nitrogens with one attached hydrogen (secondary N) is 1. The van der Waals surface area contributed by atoms with Crippen molar-refractivity contribution in [2.75, 3.05) is 6.61 Å². The highest BCUT2D eigenvalue weighted by Gasteiger charge is 2.33. The second-order valence-corrected chi connectivity index (χ2v) is 6.47. The molecule has 0 heterocycles. The van der Waals surface area contributed by atoms with Gasteiger partial charge in [0.05, 0.1) is 6.04 Å². The maximum atomic E-state index is 12.3. The van der Waals surface area contributed by atoms with Crippen molar-refractivity contribution in [1.29, 1.82) is 0 Å². The molecule has 2 aromatic rings. The third kappa shape index (κ3) is 4.59. The van der Waals surface area contributed by atoms with Crippen molar-refractivity contribution in [2.45, 2.75) is 25.8 Å². The summed E-state index contributed by atoms with van der Waals surface area (Å²) in [6, 6.07) is 14.8. The Morgan fingerprint density at radius 2 is 1.92 bits per heavy atom. The van der Waals surface area contributed by atoms with E-state index >= 15 is 0 Å². The largest absolute Gasteiger partial charge is 0.484 e. The molecule has 1 atom stereocenters. The highest BCUT2D eigenvalue weighted by molar-refractivity contribution is 5.93. The van der Waals surface area contributed by atoms with E-state index in [1.54, 1.807) is 18.2 Å². The molecule has 0 aromatic heterocycles. The Bertz CT molecular complexity index is 767. The van der Waals surface area contributed by atoms with Crippen LogP contribution in [0.4, 0.5) is 0 Å². The quantitative estimate of drug-likeness (QED) is 0.814. The van der Waals surface area contributed by atoms with Crippen molar-refractivity contribution in [3.63, 3.8) is 0 Å². The summed E-state index contributed by atoms with van der Waals surface area (Å²) in [4.78, 5) is 23.5. The number of aryl methyl sites for hydroxylation is 1. The molecule has 130 valence electrons. The van der Waals surface area contributed by atoms with Gasteiger partial charge in [-0.1, -0.05) is 35.9 Å². The van der Waals surface area contributed by atoms with Gasteiger partial charge in [0, 0.05) is 5.56 Å². The summed E-state index contributed by atoms with van der Waals surface area (Å²) in [5.41, 5.74) is 7.92. The molecule has 1 saturated carbocycles. The summed E-state index contributed by atoms with van der Waals surface area (Å²) in [5.74, 6) is 0.236. The van der Waals surface area contributed by atoms with E-state index in [1.165, 1.54) is 11.6 Å². The molecule has 0 bridgehead atoms. The Morgan fingerprint density at radius 1 is 1.20 bits per heavy atom. The van der Waals surface area contributed by atoms with Crippen LogP contribution in [-0.2, 0) is 4.79 Å². The molecule has 5 nitrogen and oxygen atoms in total. The van der Waals surface area contributed by atoms with Crippen LogP contribution in [0.25, 0.3) is 0 Å². The number of hydrogen-bond donors (Lipinski definition) is 2. The average molecular weight is 338 g/mol. The zero-order valence-corrected chi connectivity index (χ0v) is 14.2. The van der Waals surface area contributed by atoms with Crippen LogP contribution in [0.2, 0.25) is 0 Å². The van der Waals surface area contributed by atoms with Gasteiger partial charge < -0.3 is 15.8 Å². The van der Waals surface area contributed by atoms with E-state index in [-0.39, 0.29) is 18.6 Å². The lowest BCUT2D eigenvalue weighted by Gasteiger charge is -2.19. The summed E-state index contributed by atoms with van der Waals surface area (Å²) >= 11 is 0. The predicted octanol–water partition coefficient (Wildman–Crippen LogP) is 2.74. The van der Waals surface area contributed by atoms with E-state index in [0.29, 0.717) is 17.2 Å². The number of carbonyl (C=O) groups excluding carboxylic acids is 2. The van der Waals surface area contributed by atoms with E-state index in [1.807, 2.05) is 6.92 Å². The summed E-state index contributed by atoms with van der Waals surface area (Å²) in [7, 11) is 0. The smallest absolute Gasteiger partial charge is 0.258 e. The molecule has 5 heteroatoms. The highest BCUT2D eigenvalue weighted by Crippen LogP contribution is 2.41. The van der Waals surface area contributed by atoms with Gasteiger partial charge in [-0.2, -0.15) is 0 Å². The van der Waals surface area contributed by atoms with Crippen LogP contribution in [0.5, 0.6) is 5.75 Å². The van der Waals surface area contributed by atoms with Gasteiger partial charge in [0.25, 0.3) is 5.91 Å². The maximum Gasteiger partial charge on any atom is 0.258 e. The number of primary amides is 1. The van der Waals surface area contributed by atoms with E-state index < -0.39 is 5.91 Å². The second-order valence-electron chi connectivity index (χ2n) is 6.47. The Hall–Kier alpha value is -2.82. The molecule has 1 aliphatic carbocycles. The minimum absolute atomic E-state index is 0.0219. The summed E-state index contributed by atoms with van der Waals surface area (Å²) < 4.78 is 5.49. The lowest BCUT2D eigenvalue weighted by Crippen LogP contribution is -2.33. The number of carbonyl (C=O) groups is 2. The van der Waals surface area contributed by atoms with Crippen molar-refractivity contribution < 1.29 is 14.3 Å². The van der Waals surface area contributed by atoms with Crippen molar-refractivity contribution in [2.24, 2.45) is 11.7 Å². The van der Waals surface area contributed by atoms with Gasteiger partial charge in [-0.25, -0.2) is 0 Å². The molecule has 25 heavy (non-hydrogen) atoms. The number of amides is 2. The van der Waals surface area contributed by atoms with E-state index in [9.17, 15) is 9.59 Å². The first kappa shape index (κ1) is 17.0. The summed E-state index contributed by atoms with van der Waals surface area (Å²) in [5, 5.41) is 3.07. The van der Waals surface area contributed by atoms with Gasteiger partial charge in [-0.05, 0) is 49.4 Å². The van der Waals surface area contributed by atoms with E-state index in [0.717, 1.165) is 18.4 Å². The molecule has 0 saturated heterocycles. The zero-order chi connectivity index (χ0) is 17.8. The normalized spacial score (nSPS) is 14.6. The van der Waals surface area contributed by atoms with Crippen molar-refractivity contribution in [3.05, 3.63) is 65.2 Å². The molecule has 1 unspecified atom stereocenters. The molecule has 3 N–H and O–H groups in total. The van der Waals surface area contributed by atoms with E-state index in [2.05, 4.69) is 29.6 Å². The van der Waals surface area contributed by atoms with Gasteiger partial charge >= 0.3 is 0 Å². The number of nitrogens with two attached hydrogens (primary N) is 1. The van der Waals surface area contributed by atoms with Crippen molar-refractivity contribution in [1.82, 2.24) is 5.32 Å². The first-order valence-electron chi connectivity index (χ1n) is 8.41.